The number of carbonyl (C=O) groups is 1. The molecule has 0 unspecified atom stereocenters. The second-order valence-corrected chi connectivity index (χ2v) is 3.78. The Labute approximate surface area is 83.2 Å². The second-order valence-electron chi connectivity index (χ2n) is 3.78. The molecule has 0 N–H and O–H groups in total. The lowest BCUT2D eigenvalue weighted by Crippen LogP contribution is -1.92. The summed E-state index contributed by atoms with van der Waals surface area (Å²) in [6, 6.07) is 4.02. The van der Waals surface area contributed by atoms with E-state index in [2.05, 4.69) is 23.6 Å². The maximum Gasteiger partial charge on any atom is 0.152 e. The minimum atomic E-state index is 0.778. The molecule has 0 amide bonds. The van der Waals surface area contributed by atoms with E-state index in [0.29, 0.717) is 0 Å². The van der Waals surface area contributed by atoms with E-state index in [9.17, 15) is 4.79 Å². The van der Waals surface area contributed by atoms with Gasteiger partial charge in [-0.05, 0) is 38.0 Å². The van der Waals surface area contributed by atoms with Crippen LogP contribution in [0.4, 0.5) is 0 Å². The zero-order chi connectivity index (χ0) is 10.3. The number of aldehydes is 1. The Balaban J connectivity index is 2.96. The molecule has 0 aromatic carbocycles. The zero-order valence-electron chi connectivity index (χ0n) is 8.66. The molecule has 0 atom stereocenters. The SMILES string of the molecule is Cc1cc(C)c2c(C=O)cc(C)n2c1. The van der Waals surface area contributed by atoms with E-state index in [1.165, 1.54) is 5.56 Å². The molecule has 2 rings (SSSR count). The highest BCUT2D eigenvalue weighted by Crippen LogP contribution is 2.20. The third-order valence-electron chi connectivity index (χ3n) is 2.54. The van der Waals surface area contributed by atoms with Crippen molar-refractivity contribution in [3.05, 3.63) is 40.7 Å². The van der Waals surface area contributed by atoms with Crippen LogP contribution in [0, 0.1) is 20.8 Å². The number of pyridine rings is 1. The van der Waals surface area contributed by atoms with Crippen molar-refractivity contribution in [2.75, 3.05) is 0 Å². The molecule has 14 heavy (non-hydrogen) atoms. The monoisotopic (exact) mass is 187 g/mol. The lowest BCUT2D eigenvalue weighted by atomic mass is 10.1. The first-order valence-corrected chi connectivity index (χ1v) is 4.67. The molecule has 0 fully saturated rings. The summed E-state index contributed by atoms with van der Waals surface area (Å²) >= 11 is 0. The van der Waals surface area contributed by atoms with Crippen LogP contribution in [0.5, 0.6) is 0 Å². The van der Waals surface area contributed by atoms with Crippen molar-refractivity contribution < 1.29 is 4.79 Å². The average molecular weight is 187 g/mol. The van der Waals surface area contributed by atoms with E-state index in [0.717, 1.165) is 28.6 Å². The molecule has 0 saturated carbocycles. The number of fused-ring (bicyclic) bond motifs is 1. The Morgan fingerprint density at radius 1 is 1.21 bits per heavy atom. The summed E-state index contributed by atoms with van der Waals surface area (Å²) in [5.41, 5.74) is 5.28. The molecular weight excluding hydrogens is 174 g/mol. The van der Waals surface area contributed by atoms with Crippen LogP contribution >= 0.6 is 0 Å². The largest absolute Gasteiger partial charge is 0.320 e. The van der Waals surface area contributed by atoms with Gasteiger partial charge >= 0.3 is 0 Å². The third kappa shape index (κ3) is 1.15. The molecule has 2 aromatic rings. The fourth-order valence-electron chi connectivity index (χ4n) is 2.00. The molecule has 0 radical (unpaired) electrons. The summed E-state index contributed by atoms with van der Waals surface area (Å²) in [4.78, 5) is 10.9. The van der Waals surface area contributed by atoms with Crippen LogP contribution in [-0.4, -0.2) is 10.7 Å². The molecule has 2 heteroatoms. The smallest absolute Gasteiger partial charge is 0.152 e. The summed E-state index contributed by atoms with van der Waals surface area (Å²) in [6.45, 7) is 6.11. The third-order valence-corrected chi connectivity index (χ3v) is 2.54. The van der Waals surface area contributed by atoms with Gasteiger partial charge in [0.2, 0.25) is 0 Å². The van der Waals surface area contributed by atoms with Gasteiger partial charge in [-0.3, -0.25) is 4.79 Å². The number of rotatable bonds is 1. The fraction of sp³-hybridized carbons (Fsp3) is 0.250. The minimum Gasteiger partial charge on any atom is -0.320 e. The average Bonchev–Trinajstić information content (AvgIpc) is 2.43. The maximum absolute atomic E-state index is 10.9. The van der Waals surface area contributed by atoms with E-state index < -0.39 is 0 Å². The van der Waals surface area contributed by atoms with Crippen LogP contribution in [0.25, 0.3) is 5.52 Å². The van der Waals surface area contributed by atoms with Crippen molar-refractivity contribution in [3.63, 3.8) is 0 Å². The van der Waals surface area contributed by atoms with Crippen molar-refractivity contribution in [1.82, 2.24) is 4.40 Å². The van der Waals surface area contributed by atoms with Crippen molar-refractivity contribution in [2.45, 2.75) is 20.8 Å². The van der Waals surface area contributed by atoms with Crippen molar-refractivity contribution >= 4 is 11.8 Å². The number of aryl methyl sites for hydroxylation is 3. The molecule has 2 nitrogen and oxygen atoms in total. The number of nitrogens with zero attached hydrogens (tertiary/aromatic N) is 1. The van der Waals surface area contributed by atoms with E-state index in [1.807, 2.05) is 19.9 Å². The normalized spacial score (nSPS) is 10.8. The number of carbonyl (C=O) groups excluding carboxylic acids is 1. The van der Waals surface area contributed by atoms with Crippen LogP contribution in [0.3, 0.4) is 0 Å². The summed E-state index contributed by atoms with van der Waals surface area (Å²) in [7, 11) is 0. The van der Waals surface area contributed by atoms with Gasteiger partial charge in [0.25, 0.3) is 0 Å². The van der Waals surface area contributed by atoms with Crippen molar-refractivity contribution in [1.29, 1.82) is 0 Å². The molecule has 0 bridgehead atoms. The van der Waals surface area contributed by atoms with Crippen molar-refractivity contribution in [2.24, 2.45) is 0 Å². The lowest BCUT2D eigenvalue weighted by molar-refractivity contribution is 0.112. The first kappa shape index (κ1) is 9.00. The highest BCUT2D eigenvalue weighted by atomic mass is 16.1. The highest BCUT2D eigenvalue weighted by molar-refractivity contribution is 5.88. The summed E-state index contributed by atoms with van der Waals surface area (Å²) in [5.74, 6) is 0. The van der Waals surface area contributed by atoms with E-state index in [1.54, 1.807) is 0 Å². The molecule has 72 valence electrons. The zero-order valence-corrected chi connectivity index (χ0v) is 8.66. The number of hydrogen-bond donors (Lipinski definition) is 0. The molecule has 0 aliphatic rings. The van der Waals surface area contributed by atoms with Gasteiger partial charge in [0, 0.05) is 17.5 Å². The van der Waals surface area contributed by atoms with Gasteiger partial charge in [0.15, 0.2) is 6.29 Å². The van der Waals surface area contributed by atoms with Gasteiger partial charge in [0.05, 0.1) is 5.52 Å². The molecule has 2 aromatic heterocycles. The van der Waals surface area contributed by atoms with Gasteiger partial charge in [-0.1, -0.05) is 6.07 Å². The molecule has 0 spiro atoms. The summed E-state index contributed by atoms with van der Waals surface area (Å²) in [5, 5.41) is 0. The predicted octanol–water partition coefficient (Wildman–Crippen LogP) is 2.68. The topological polar surface area (TPSA) is 21.5 Å². The van der Waals surface area contributed by atoms with Crippen LogP contribution in [0.1, 0.15) is 27.2 Å². The lowest BCUT2D eigenvalue weighted by Gasteiger charge is -2.04. The molecule has 2 heterocycles. The molecule has 0 aliphatic carbocycles. The maximum atomic E-state index is 10.9. The molecule has 0 aliphatic heterocycles. The Morgan fingerprint density at radius 3 is 2.57 bits per heavy atom. The number of hydrogen-bond acceptors (Lipinski definition) is 1. The first-order chi connectivity index (χ1) is 6.63. The minimum absolute atomic E-state index is 0.778. The summed E-state index contributed by atoms with van der Waals surface area (Å²) < 4.78 is 2.08. The standard InChI is InChI=1S/C12H13NO/c1-8-4-9(2)12-11(7-14)5-10(3)13(12)6-8/h4-7H,1-3H3. The van der Waals surface area contributed by atoms with E-state index >= 15 is 0 Å². The Morgan fingerprint density at radius 2 is 1.93 bits per heavy atom. The van der Waals surface area contributed by atoms with Crippen LogP contribution in [-0.2, 0) is 0 Å². The Bertz CT molecular complexity index is 509. The predicted molar refractivity (Wildman–Crippen MR) is 57.0 cm³/mol. The number of aromatic nitrogens is 1. The van der Waals surface area contributed by atoms with Crippen molar-refractivity contribution in [3.8, 4) is 0 Å². The molecular formula is C12H13NO. The quantitative estimate of drug-likeness (QED) is 0.629. The van der Waals surface area contributed by atoms with Crippen LogP contribution < -0.4 is 0 Å². The van der Waals surface area contributed by atoms with Crippen LogP contribution in [0.15, 0.2) is 18.3 Å². The Hall–Kier alpha value is -1.57. The first-order valence-electron chi connectivity index (χ1n) is 4.67. The van der Waals surface area contributed by atoms with E-state index in [4.69, 9.17) is 0 Å². The van der Waals surface area contributed by atoms with Gasteiger partial charge < -0.3 is 4.40 Å². The second kappa shape index (κ2) is 2.98. The highest BCUT2D eigenvalue weighted by Gasteiger charge is 2.07. The van der Waals surface area contributed by atoms with Gasteiger partial charge in [0.1, 0.15) is 0 Å². The van der Waals surface area contributed by atoms with Gasteiger partial charge in [-0.25, -0.2) is 0 Å². The van der Waals surface area contributed by atoms with Crippen LogP contribution in [0.2, 0.25) is 0 Å². The molecule has 0 saturated heterocycles. The fourth-order valence-corrected chi connectivity index (χ4v) is 2.00. The Kier molecular flexibility index (Phi) is 1.92. The van der Waals surface area contributed by atoms with Gasteiger partial charge in [-0.2, -0.15) is 0 Å². The summed E-state index contributed by atoms with van der Waals surface area (Å²) in [6.07, 6.45) is 2.98. The van der Waals surface area contributed by atoms with Gasteiger partial charge in [-0.15, -0.1) is 0 Å². The van der Waals surface area contributed by atoms with E-state index in [-0.39, 0.29) is 0 Å².